The van der Waals surface area contributed by atoms with Crippen molar-refractivity contribution in [2.75, 3.05) is 4.72 Å². The molecule has 0 aliphatic heterocycles. The second-order valence-corrected chi connectivity index (χ2v) is 7.33. The van der Waals surface area contributed by atoms with E-state index in [2.05, 4.69) is 14.8 Å². The third kappa shape index (κ3) is 3.05. The summed E-state index contributed by atoms with van der Waals surface area (Å²) in [7, 11) is -2.07. The monoisotopic (exact) mass is 346 g/mol. The molecule has 0 saturated carbocycles. The van der Waals surface area contributed by atoms with E-state index in [0.717, 1.165) is 11.4 Å². The molecule has 3 aromatic rings. The number of hydrogen-bond acceptors (Lipinski definition) is 5. The van der Waals surface area contributed by atoms with E-state index in [0.29, 0.717) is 22.8 Å². The molecule has 1 N–H and O–H groups in total. The fourth-order valence-corrected chi connectivity index (χ4v) is 3.76. The van der Waals surface area contributed by atoms with Crippen LogP contribution in [0.2, 0.25) is 0 Å². The van der Waals surface area contributed by atoms with Crippen LogP contribution in [0.3, 0.4) is 0 Å². The van der Waals surface area contributed by atoms with E-state index in [1.54, 1.807) is 45.2 Å². The molecule has 1 aromatic carbocycles. The van der Waals surface area contributed by atoms with E-state index in [-0.39, 0.29) is 4.90 Å². The molecular weight excluding hydrogens is 328 g/mol. The summed E-state index contributed by atoms with van der Waals surface area (Å²) in [6.07, 6.45) is 1.53. The van der Waals surface area contributed by atoms with Crippen LogP contribution in [-0.2, 0) is 17.1 Å². The molecule has 7 nitrogen and oxygen atoms in total. The number of sulfonamides is 1. The summed E-state index contributed by atoms with van der Waals surface area (Å²) >= 11 is 0. The SMILES string of the molecule is Cc1coc(-c2ccc(C)c(S(=O)(=O)Nc3cc(C)nn3C)c2)n1. The van der Waals surface area contributed by atoms with Gasteiger partial charge in [-0.1, -0.05) is 6.07 Å². The van der Waals surface area contributed by atoms with Crippen molar-refractivity contribution in [3.63, 3.8) is 0 Å². The second-order valence-electron chi connectivity index (χ2n) is 5.67. The van der Waals surface area contributed by atoms with Crippen molar-refractivity contribution in [2.45, 2.75) is 25.7 Å². The molecule has 0 saturated heterocycles. The molecule has 2 aromatic heterocycles. The molecule has 0 spiro atoms. The van der Waals surface area contributed by atoms with Crippen molar-refractivity contribution in [1.82, 2.24) is 14.8 Å². The maximum absolute atomic E-state index is 12.8. The number of benzene rings is 1. The Balaban J connectivity index is 2.02. The minimum Gasteiger partial charge on any atom is -0.444 e. The molecule has 0 radical (unpaired) electrons. The van der Waals surface area contributed by atoms with Crippen molar-refractivity contribution >= 4 is 15.8 Å². The zero-order valence-corrected chi connectivity index (χ0v) is 14.7. The Bertz CT molecular complexity index is 1000. The summed E-state index contributed by atoms with van der Waals surface area (Å²) in [4.78, 5) is 4.41. The first-order chi connectivity index (χ1) is 11.3. The van der Waals surface area contributed by atoms with Gasteiger partial charge in [0.05, 0.1) is 16.3 Å². The number of anilines is 1. The molecule has 2 heterocycles. The highest BCUT2D eigenvalue weighted by molar-refractivity contribution is 7.92. The standard InChI is InChI=1S/C16H18N4O3S/c1-10-5-6-13(16-17-12(3)9-23-16)8-14(10)24(21,22)19-15-7-11(2)18-20(15)4/h5-9,19H,1-4H3. The Morgan fingerprint density at radius 2 is 1.88 bits per heavy atom. The molecule has 0 fully saturated rings. The van der Waals surface area contributed by atoms with Crippen molar-refractivity contribution in [3.8, 4) is 11.5 Å². The normalized spacial score (nSPS) is 11.7. The second kappa shape index (κ2) is 5.79. The predicted molar refractivity (Wildman–Crippen MR) is 90.2 cm³/mol. The number of aromatic nitrogens is 3. The molecule has 126 valence electrons. The number of rotatable bonds is 4. The van der Waals surface area contributed by atoms with Gasteiger partial charge >= 0.3 is 0 Å². The molecule has 3 rings (SSSR count). The fourth-order valence-electron chi connectivity index (χ4n) is 2.41. The summed E-state index contributed by atoms with van der Waals surface area (Å²) in [5.74, 6) is 0.796. The number of aryl methyl sites for hydroxylation is 4. The first-order valence-electron chi connectivity index (χ1n) is 7.33. The first-order valence-corrected chi connectivity index (χ1v) is 8.81. The number of hydrogen-bond donors (Lipinski definition) is 1. The highest BCUT2D eigenvalue weighted by Crippen LogP contribution is 2.26. The lowest BCUT2D eigenvalue weighted by Crippen LogP contribution is -2.16. The Hall–Kier alpha value is -2.61. The number of nitrogens with one attached hydrogen (secondary N) is 1. The Morgan fingerprint density at radius 1 is 1.12 bits per heavy atom. The third-order valence-corrected chi connectivity index (χ3v) is 5.08. The average molecular weight is 346 g/mol. The van der Waals surface area contributed by atoms with E-state index in [4.69, 9.17) is 4.42 Å². The molecule has 24 heavy (non-hydrogen) atoms. The molecule has 8 heteroatoms. The van der Waals surface area contributed by atoms with E-state index in [1.807, 2.05) is 6.92 Å². The van der Waals surface area contributed by atoms with Crippen molar-refractivity contribution < 1.29 is 12.8 Å². The van der Waals surface area contributed by atoms with Crippen LogP contribution in [0, 0.1) is 20.8 Å². The van der Waals surface area contributed by atoms with Gasteiger partial charge in [0.15, 0.2) is 0 Å². The van der Waals surface area contributed by atoms with Crippen LogP contribution in [0.15, 0.2) is 39.8 Å². The van der Waals surface area contributed by atoms with Crippen LogP contribution < -0.4 is 4.72 Å². The summed E-state index contributed by atoms with van der Waals surface area (Å²) < 4.78 is 35.0. The van der Waals surface area contributed by atoms with Gasteiger partial charge in [0.2, 0.25) is 5.89 Å². The molecule has 0 aliphatic carbocycles. The van der Waals surface area contributed by atoms with E-state index in [1.165, 1.54) is 10.9 Å². The molecule has 0 bridgehead atoms. The lowest BCUT2D eigenvalue weighted by Gasteiger charge is -2.11. The predicted octanol–water partition coefficient (Wildman–Crippen LogP) is 2.80. The molecule has 0 unspecified atom stereocenters. The smallest absolute Gasteiger partial charge is 0.263 e. The van der Waals surface area contributed by atoms with Crippen LogP contribution in [0.4, 0.5) is 5.82 Å². The van der Waals surface area contributed by atoms with Gasteiger partial charge in [0.1, 0.15) is 12.1 Å². The summed E-state index contributed by atoms with van der Waals surface area (Å²) in [5.41, 5.74) is 2.71. The van der Waals surface area contributed by atoms with E-state index < -0.39 is 10.0 Å². The van der Waals surface area contributed by atoms with E-state index >= 15 is 0 Å². The van der Waals surface area contributed by atoms with Gasteiger partial charge in [-0.3, -0.25) is 9.40 Å². The van der Waals surface area contributed by atoms with Gasteiger partial charge in [0, 0.05) is 18.7 Å². The molecule has 0 atom stereocenters. The van der Waals surface area contributed by atoms with Gasteiger partial charge in [-0.15, -0.1) is 0 Å². The van der Waals surface area contributed by atoms with E-state index in [9.17, 15) is 8.42 Å². The Labute approximate surface area is 140 Å². The van der Waals surface area contributed by atoms with Gasteiger partial charge in [-0.05, 0) is 38.5 Å². The summed E-state index contributed by atoms with van der Waals surface area (Å²) in [5, 5.41) is 4.14. The van der Waals surface area contributed by atoms with Crippen LogP contribution >= 0.6 is 0 Å². The number of oxazole rings is 1. The summed E-state index contributed by atoms with van der Waals surface area (Å²) in [6.45, 7) is 5.35. The van der Waals surface area contributed by atoms with Crippen LogP contribution in [-0.4, -0.2) is 23.2 Å². The first kappa shape index (κ1) is 16.3. The average Bonchev–Trinajstić information content (AvgIpc) is 3.05. The largest absolute Gasteiger partial charge is 0.444 e. The quantitative estimate of drug-likeness (QED) is 0.784. The van der Waals surface area contributed by atoms with Crippen molar-refractivity contribution in [1.29, 1.82) is 0 Å². The minimum absolute atomic E-state index is 0.176. The topological polar surface area (TPSA) is 90.0 Å². The molecule has 0 aliphatic rings. The zero-order chi connectivity index (χ0) is 17.5. The summed E-state index contributed by atoms with van der Waals surface area (Å²) in [6, 6.07) is 6.76. The van der Waals surface area contributed by atoms with Crippen molar-refractivity contribution in [2.24, 2.45) is 7.05 Å². The zero-order valence-electron chi connectivity index (χ0n) is 13.9. The van der Waals surface area contributed by atoms with Crippen LogP contribution in [0.25, 0.3) is 11.5 Å². The Morgan fingerprint density at radius 3 is 2.46 bits per heavy atom. The molecule has 0 amide bonds. The minimum atomic E-state index is -3.76. The van der Waals surface area contributed by atoms with Gasteiger partial charge in [-0.25, -0.2) is 13.4 Å². The van der Waals surface area contributed by atoms with Gasteiger partial charge < -0.3 is 4.42 Å². The highest BCUT2D eigenvalue weighted by Gasteiger charge is 2.20. The lowest BCUT2D eigenvalue weighted by atomic mass is 10.1. The number of nitrogens with zero attached hydrogens (tertiary/aromatic N) is 3. The Kier molecular flexibility index (Phi) is 3.92. The maximum atomic E-state index is 12.8. The van der Waals surface area contributed by atoms with Gasteiger partial charge in [-0.2, -0.15) is 5.10 Å². The van der Waals surface area contributed by atoms with Crippen LogP contribution in [0.1, 0.15) is 17.0 Å². The maximum Gasteiger partial charge on any atom is 0.263 e. The van der Waals surface area contributed by atoms with Crippen molar-refractivity contribution in [3.05, 3.63) is 47.5 Å². The third-order valence-electron chi connectivity index (χ3n) is 3.58. The fraction of sp³-hybridized carbons (Fsp3) is 0.250. The molecular formula is C16H18N4O3S. The lowest BCUT2D eigenvalue weighted by molar-refractivity contribution is 0.573. The van der Waals surface area contributed by atoms with Crippen LogP contribution in [0.5, 0.6) is 0 Å². The highest BCUT2D eigenvalue weighted by atomic mass is 32.2. The van der Waals surface area contributed by atoms with Gasteiger partial charge in [0.25, 0.3) is 10.0 Å².